The molecule has 2 unspecified atom stereocenters. The standard InChI is InChI=1S/C23H19Cl2NO5/c1-30-21-18(24)10-15(11-19(21)25)20-16(22(27)28)12-26-13-17(20)23(29)31-9-5-8-14-6-3-2-4-7-14/h2-8,10-13,16,20H,9H2,1H3,(H,27,28)/b8-5+. The highest BCUT2D eigenvalue weighted by Gasteiger charge is 2.37. The maximum atomic E-state index is 12.8. The average Bonchev–Trinajstić information content (AvgIpc) is 2.76. The minimum absolute atomic E-state index is 0.0172. The molecular weight excluding hydrogens is 441 g/mol. The normalized spacial score (nSPS) is 18.0. The summed E-state index contributed by atoms with van der Waals surface area (Å²) in [5.41, 5.74) is 1.50. The maximum Gasteiger partial charge on any atom is 0.336 e. The molecule has 0 aromatic heterocycles. The molecule has 160 valence electrons. The van der Waals surface area contributed by atoms with Crippen molar-refractivity contribution in [3.05, 3.63) is 81.5 Å². The van der Waals surface area contributed by atoms with Crippen LogP contribution in [-0.4, -0.2) is 37.0 Å². The average molecular weight is 460 g/mol. The minimum atomic E-state index is -1.14. The van der Waals surface area contributed by atoms with E-state index >= 15 is 0 Å². The number of esters is 1. The van der Waals surface area contributed by atoms with Crippen molar-refractivity contribution in [1.29, 1.82) is 0 Å². The van der Waals surface area contributed by atoms with Gasteiger partial charge in [0.25, 0.3) is 0 Å². The van der Waals surface area contributed by atoms with E-state index in [4.69, 9.17) is 32.7 Å². The highest BCUT2D eigenvalue weighted by Crippen LogP contribution is 2.41. The van der Waals surface area contributed by atoms with Gasteiger partial charge in [-0.3, -0.25) is 9.79 Å². The van der Waals surface area contributed by atoms with Crippen molar-refractivity contribution in [1.82, 2.24) is 0 Å². The summed E-state index contributed by atoms with van der Waals surface area (Å²) in [7, 11) is 1.42. The third-order valence-electron chi connectivity index (χ3n) is 4.68. The maximum absolute atomic E-state index is 12.8. The number of ether oxygens (including phenoxy) is 2. The fourth-order valence-electron chi connectivity index (χ4n) is 3.26. The Morgan fingerprint density at radius 2 is 1.84 bits per heavy atom. The van der Waals surface area contributed by atoms with Crippen molar-refractivity contribution in [3.63, 3.8) is 0 Å². The fraction of sp³-hybridized carbons (Fsp3) is 0.174. The third kappa shape index (κ3) is 5.34. The lowest BCUT2D eigenvalue weighted by atomic mass is 9.80. The topological polar surface area (TPSA) is 85.2 Å². The van der Waals surface area contributed by atoms with Crippen molar-refractivity contribution in [2.45, 2.75) is 5.92 Å². The Bertz CT molecular complexity index is 1040. The van der Waals surface area contributed by atoms with Gasteiger partial charge in [0.15, 0.2) is 5.75 Å². The van der Waals surface area contributed by atoms with Gasteiger partial charge in [-0.25, -0.2) is 4.79 Å². The van der Waals surface area contributed by atoms with Gasteiger partial charge in [-0.1, -0.05) is 59.6 Å². The second kappa shape index (κ2) is 10.3. The van der Waals surface area contributed by atoms with Gasteiger partial charge in [0, 0.05) is 18.3 Å². The third-order valence-corrected chi connectivity index (χ3v) is 5.24. The van der Waals surface area contributed by atoms with Gasteiger partial charge in [0.2, 0.25) is 0 Å². The molecule has 0 aliphatic carbocycles. The van der Waals surface area contributed by atoms with Crippen LogP contribution in [0.4, 0.5) is 0 Å². The smallest absolute Gasteiger partial charge is 0.336 e. The summed E-state index contributed by atoms with van der Waals surface area (Å²) in [6, 6.07) is 12.6. The molecule has 8 heteroatoms. The van der Waals surface area contributed by atoms with Crippen LogP contribution >= 0.6 is 23.2 Å². The predicted molar refractivity (Wildman–Crippen MR) is 120 cm³/mol. The van der Waals surface area contributed by atoms with E-state index in [1.807, 2.05) is 36.4 Å². The molecule has 6 nitrogen and oxygen atoms in total. The summed E-state index contributed by atoms with van der Waals surface area (Å²) in [6.45, 7) is 0.0172. The number of methoxy groups -OCH3 is 1. The number of hydrogen-bond donors (Lipinski definition) is 1. The molecule has 1 aliphatic rings. The molecule has 2 aromatic carbocycles. The summed E-state index contributed by atoms with van der Waals surface area (Å²) in [5, 5.41) is 10.1. The fourth-order valence-corrected chi connectivity index (χ4v) is 3.92. The number of carboxylic acids is 1. The number of carboxylic acid groups (broad SMARTS) is 1. The molecule has 0 fully saturated rings. The Labute approximate surface area is 189 Å². The summed E-state index contributed by atoms with van der Waals surface area (Å²) >= 11 is 12.5. The predicted octanol–water partition coefficient (Wildman–Crippen LogP) is 5.01. The largest absolute Gasteiger partial charge is 0.494 e. The summed E-state index contributed by atoms with van der Waals surface area (Å²) in [4.78, 5) is 28.6. The zero-order valence-electron chi connectivity index (χ0n) is 16.5. The van der Waals surface area contributed by atoms with Crippen LogP contribution < -0.4 is 4.74 Å². The van der Waals surface area contributed by atoms with Crippen molar-refractivity contribution in [3.8, 4) is 5.75 Å². The van der Waals surface area contributed by atoms with Crippen LogP contribution in [0.25, 0.3) is 6.08 Å². The van der Waals surface area contributed by atoms with Crippen LogP contribution in [-0.2, 0) is 14.3 Å². The van der Waals surface area contributed by atoms with Gasteiger partial charge in [0.1, 0.15) is 12.5 Å². The van der Waals surface area contributed by atoms with E-state index in [0.717, 1.165) is 5.56 Å². The first-order valence-electron chi connectivity index (χ1n) is 9.30. The zero-order valence-corrected chi connectivity index (χ0v) is 18.0. The Kier molecular flexibility index (Phi) is 7.50. The van der Waals surface area contributed by atoms with Crippen molar-refractivity contribution >= 4 is 47.4 Å². The van der Waals surface area contributed by atoms with Crippen molar-refractivity contribution < 1.29 is 24.2 Å². The first-order valence-corrected chi connectivity index (χ1v) is 10.1. The summed E-state index contributed by atoms with van der Waals surface area (Å²) in [5.74, 6) is -3.51. The van der Waals surface area contributed by atoms with E-state index in [1.165, 1.54) is 31.7 Å². The van der Waals surface area contributed by atoms with Gasteiger partial charge < -0.3 is 14.6 Å². The minimum Gasteiger partial charge on any atom is -0.494 e. The number of rotatable bonds is 7. The Morgan fingerprint density at radius 1 is 1.16 bits per heavy atom. The molecule has 0 saturated heterocycles. The molecule has 3 rings (SSSR count). The van der Waals surface area contributed by atoms with E-state index in [9.17, 15) is 14.7 Å². The summed E-state index contributed by atoms with van der Waals surface area (Å²) < 4.78 is 10.5. The van der Waals surface area contributed by atoms with Gasteiger partial charge >= 0.3 is 11.9 Å². The van der Waals surface area contributed by atoms with Gasteiger partial charge in [0.05, 0.1) is 22.7 Å². The first-order chi connectivity index (χ1) is 14.9. The molecular formula is C23H19Cl2NO5. The number of halogens is 2. The van der Waals surface area contributed by atoms with E-state index in [1.54, 1.807) is 6.08 Å². The highest BCUT2D eigenvalue weighted by molar-refractivity contribution is 6.37. The number of aliphatic imine (C=N–C) groups is 1. The van der Waals surface area contributed by atoms with Gasteiger partial charge in [-0.2, -0.15) is 0 Å². The van der Waals surface area contributed by atoms with Crippen LogP contribution in [0.2, 0.25) is 10.0 Å². The number of carbonyl (C=O) groups is 2. The molecule has 1 heterocycles. The lowest BCUT2D eigenvalue weighted by Gasteiger charge is -2.26. The van der Waals surface area contributed by atoms with E-state index in [2.05, 4.69) is 4.99 Å². The number of benzene rings is 2. The zero-order chi connectivity index (χ0) is 22.4. The quantitative estimate of drug-likeness (QED) is 0.587. The number of hydrogen-bond acceptors (Lipinski definition) is 5. The molecule has 31 heavy (non-hydrogen) atoms. The van der Waals surface area contributed by atoms with Crippen LogP contribution in [0.5, 0.6) is 5.75 Å². The van der Waals surface area contributed by atoms with Gasteiger partial charge in [-0.05, 0) is 29.3 Å². The van der Waals surface area contributed by atoms with Crippen molar-refractivity contribution in [2.24, 2.45) is 10.9 Å². The monoisotopic (exact) mass is 459 g/mol. The van der Waals surface area contributed by atoms with Crippen molar-refractivity contribution in [2.75, 3.05) is 13.7 Å². The molecule has 0 amide bonds. The molecule has 0 bridgehead atoms. The first kappa shape index (κ1) is 22.6. The Balaban J connectivity index is 1.84. The molecule has 1 aliphatic heterocycles. The number of nitrogens with zero attached hydrogens (tertiary/aromatic N) is 1. The van der Waals surface area contributed by atoms with Crippen LogP contribution in [0.3, 0.4) is 0 Å². The van der Waals surface area contributed by atoms with E-state index in [0.29, 0.717) is 5.56 Å². The van der Waals surface area contributed by atoms with Crippen LogP contribution in [0, 0.1) is 5.92 Å². The van der Waals surface area contributed by atoms with E-state index < -0.39 is 23.8 Å². The second-order valence-corrected chi connectivity index (χ2v) is 7.47. The molecule has 2 aromatic rings. The number of aliphatic carboxylic acids is 1. The molecule has 1 N–H and O–H groups in total. The van der Waals surface area contributed by atoms with Crippen LogP contribution in [0.15, 0.2) is 65.3 Å². The summed E-state index contributed by atoms with van der Waals surface area (Å²) in [6.07, 6.45) is 6.09. The highest BCUT2D eigenvalue weighted by atomic mass is 35.5. The molecule has 0 radical (unpaired) electrons. The second-order valence-electron chi connectivity index (χ2n) is 6.65. The lowest BCUT2D eigenvalue weighted by Crippen LogP contribution is -2.30. The molecule has 0 saturated carbocycles. The Morgan fingerprint density at radius 3 is 2.45 bits per heavy atom. The lowest BCUT2D eigenvalue weighted by molar-refractivity contribution is -0.140. The van der Waals surface area contributed by atoms with Crippen LogP contribution in [0.1, 0.15) is 17.0 Å². The molecule has 2 atom stereocenters. The molecule has 0 spiro atoms. The van der Waals surface area contributed by atoms with Gasteiger partial charge in [-0.15, -0.1) is 0 Å². The number of carbonyl (C=O) groups excluding carboxylic acids is 1. The Hall–Kier alpha value is -3.09. The van der Waals surface area contributed by atoms with E-state index in [-0.39, 0.29) is 28.0 Å². The SMILES string of the molecule is COc1c(Cl)cc(C2C(C(=O)OC/C=C/c3ccccc3)=CN=CC2C(=O)O)cc1Cl.